The van der Waals surface area contributed by atoms with Crippen LogP contribution in [0.15, 0.2) is 42.9 Å². The Morgan fingerprint density at radius 3 is 2.77 bits per heavy atom. The lowest BCUT2D eigenvalue weighted by Crippen LogP contribution is -2.50. The Bertz CT molecular complexity index is 1340. The maximum absolute atomic E-state index is 12.8. The first-order valence-corrected chi connectivity index (χ1v) is 13.0. The predicted molar refractivity (Wildman–Crippen MR) is 139 cm³/mol. The van der Waals surface area contributed by atoms with Crippen molar-refractivity contribution in [2.75, 3.05) is 20.1 Å². The van der Waals surface area contributed by atoms with Crippen LogP contribution in [0.5, 0.6) is 0 Å². The summed E-state index contributed by atoms with van der Waals surface area (Å²) in [6.45, 7) is 6.05. The zero-order valence-electron chi connectivity index (χ0n) is 20.0. The molecule has 4 aromatic rings. The number of carbonyl (C=O) groups is 1. The van der Waals surface area contributed by atoms with Crippen molar-refractivity contribution >= 4 is 39.9 Å². The number of rotatable bonds is 6. The molecule has 1 N–H and O–H groups in total. The molecule has 182 valence electrons. The van der Waals surface area contributed by atoms with Crippen molar-refractivity contribution in [3.8, 4) is 11.4 Å². The van der Waals surface area contributed by atoms with Gasteiger partial charge >= 0.3 is 0 Å². The van der Waals surface area contributed by atoms with Crippen LogP contribution in [0.4, 0.5) is 0 Å². The fourth-order valence-electron chi connectivity index (χ4n) is 4.81. The van der Waals surface area contributed by atoms with Gasteiger partial charge in [0, 0.05) is 31.7 Å². The quantitative estimate of drug-likeness (QED) is 0.412. The van der Waals surface area contributed by atoms with Crippen LogP contribution in [0.3, 0.4) is 0 Å². The van der Waals surface area contributed by atoms with E-state index in [1.54, 1.807) is 6.20 Å². The van der Waals surface area contributed by atoms with Gasteiger partial charge in [0.1, 0.15) is 15.7 Å². The lowest BCUT2D eigenvalue weighted by molar-refractivity contribution is 0.0892. The van der Waals surface area contributed by atoms with E-state index in [1.807, 2.05) is 24.4 Å². The third kappa shape index (κ3) is 5.22. The van der Waals surface area contributed by atoms with Gasteiger partial charge in [-0.15, -0.1) is 0 Å². The number of imidazole rings is 1. The molecular weight excluding hydrogens is 482 g/mol. The van der Waals surface area contributed by atoms with Crippen molar-refractivity contribution < 1.29 is 4.79 Å². The summed E-state index contributed by atoms with van der Waals surface area (Å²) in [5.74, 6) is 1.33. The Labute approximate surface area is 213 Å². The number of carbonyl (C=O) groups excluding carboxylic acids is 1. The predicted octanol–water partition coefficient (Wildman–Crippen LogP) is 4.48. The highest BCUT2D eigenvalue weighted by atomic mass is 35.5. The molecule has 1 saturated heterocycles. The molecule has 1 amide bonds. The van der Waals surface area contributed by atoms with Crippen LogP contribution in [-0.4, -0.2) is 61.5 Å². The van der Waals surface area contributed by atoms with Gasteiger partial charge in [-0.1, -0.05) is 42.9 Å². The number of fused-ring (bicyclic) bond motifs is 1. The normalized spacial score (nSPS) is 18.9. The van der Waals surface area contributed by atoms with Crippen molar-refractivity contribution in [2.24, 2.45) is 5.92 Å². The minimum absolute atomic E-state index is 0.0182. The smallest absolute Gasteiger partial charge is 0.280 e. The van der Waals surface area contributed by atoms with E-state index < -0.39 is 0 Å². The van der Waals surface area contributed by atoms with Gasteiger partial charge in [-0.25, -0.2) is 9.97 Å². The van der Waals surface area contributed by atoms with Crippen molar-refractivity contribution in [3.63, 3.8) is 0 Å². The first-order valence-electron chi connectivity index (χ1n) is 11.8. The number of nitrogens with zero attached hydrogens (tertiary/aromatic N) is 6. The molecule has 2 atom stereocenters. The summed E-state index contributed by atoms with van der Waals surface area (Å²) < 4.78 is 2.87. The maximum Gasteiger partial charge on any atom is 0.280 e. The summed E-state index contributed by atoms with van der Waals surface area (Å²) >= 11 is 7.18. The Morgan fingerprint density at radius 1 is 1.20 bits per heavy atom. The van der Waals surface area contributed by atoms with Gasteiger partial charge in [-0.3, -0.25) is 14.8 Å². The van der Waals surface area contributed by atoms with Gasteiger partial charge in [0.25, 0.3) is 5.91 Å². The van der Waals surface area contributed by atoms with Crippen LogP contribution in [0.2, 0.25) is 4.34 Å². The molecule has 0 aliphatic carbocycles. The second-order valence-corrected chi connectivity index (χ2v) is 11.2. The average molecular weight is 510 g/mol. The first kappa shape index (κ1) is 23.8. The van der Waals surface area contributed by atoms with E-state index in [2.05, 4.69) is 56.7 Å². The summed E-state index contributed by atoms with van der Waals surface area (Å²) in [7, 11) is 2.09. The Kier molecular flexibility index (Phi) is 6.82. The van der Waals surface area contributed by atoms with Crippen LogP contribution >= 0.6 is 22.9 Å². The highest BCUT2D eigenvalue weighted by molar-refractivity contribution is 7.17. The van der Waals surface area contributed by atoms with Crippen LogP contribution in [0.1, 0.15) is 41.9 Å². The van der Waals surface area contributed by atoms with E-state index in [9.17, 15) is 4.79 Å². The fourth-order valence-corrected chi connectivity index (χ4v) is 5.62. The van der Waals surface area contributed by atoms with E-state index in [1.165, 1.54) is 17.5 Å². The summed E-state index contributed by atoms with van der Waals surface area (Å²) in [5.41, 5.74) is 3.59. The van der Waals surface area contributed by atoms with Gasteiger partial charge in [0.15, 0.2) is 5.01 Å². The number of thiazole rings is 1. The third-order valence-corrected chi connectivity index (χ3v) is 7.26. The summed E-state index contributed by atoms with van der Waals surface area (Å²) in [5, 5.41) is 3.56. The summed E-state index contributed by atoms with van der Waals surface area (Å²) in [6.07, 6.45) is 6.80. The van der Waals surface area contributed by atoms with Crippen LogP contribution in [-0.2, 0) is 6.42 Å². The van der Waals surface area contributed by atoms with E-state index in [4.69, 9.17) is 16.6 Å². The van der Waals surface area contributed by atoms with Gasteiger partial charge in [-0.2, -0.15) is 0 Å². The minimum atomic E-state index is -0.180. The zero-order chi connectivity index (χ0) is 24.5. The van der Waals surface area contributed by atoms with Crippen molar-refractivity contribution in [1.82, 2.24) is 34.7 Å². The Morgan fingerprint density at radius 2 is 2.06 bits per heavy atom. The second kappa shape index (κ2) is 10.0. The molecule has 0 spiro atoms. The molecule has 10 heteroatoms. The molecule has 1 fully saturated rings. The van der Waals surface area contributed by atoms with E-state index >= 15 is 0 Å². The lowest BCUT2D eigenvalue weighted by Gasteiger charge is -2.37. The molecule has 4 aromatic heterocycles. The molecule has 5 heterocycles. The number of amides is 1. The van der Waals surface area contributed by atoms with Crippen LogP contribution in [0, 0.1) is 5.92 Å². The number of halogens is 1. The molecule has 0 bridgehead atoms. The topological polar surface area (TPSA) is 88.8 Å². The first-order chi connectivity index (χ1) is 16.9. The van der Waals surface area contributed by atoms with E-state index in [0.717, 1.165) is 54.2 Å². The van der Waals surface area contributed by atoms with Crippen LogP contribution in [0.25, 0.3) is 22.4 Å². The Balaban J connectivity index is 1.49. The average Bonchev–Trinajstić information content (AvgIpc) is 3.41. The molecule has 0 saturated carbocycles. The lowest BCUT2D eigenvalue weighted by atomic mass is 10.00. The fraction of sp³-hybridized carbons (Fsp3) is 0.400. The number of pyridine rings is 2. The van der Waals surface area contributed by atoms with Crippen molar-refractivity contribution in [3.05, 3.63) is 58.0 Å². The molecule has 1 aliphatic rings. The number of hydrogen-bond donors (Lipinski definition) is 1. The van der Waals surface area contributed by atoms with Crippen molar-refractivity contribution in [1.29, 1.82) is 0 Å². The summed E-state index contributed by atoms with van der Waals surface area (Å²) in [6, 6.07) is 8.06. The van der Waals surface area contributed by atoms with Gasteiger partial charge in [-0.05, 0) is 37.6 Å². The van der Waals surface area contributed by atoms with Gasteiger partial charge in [0.05, 0.1) is 35.3 Å². The zero-order valence-corrected chi connectivity index (χ0v) is 21.6. The molecule has 5 rings (SSSR count). The number of aromatic nitrogens is 5. The molecule has 0 radical (unpaired) electrons. The number of piperidine rings is 1. The van der Waals surface area contributed by atoms with Gasteiger partial charge < -0.3 is 14.8 Å². The molecular formula is C25H28ClN7OS. The maximum atomic E-state index is 12.8. The van der Waals surface area contributed by atoms with Crippen LogP contribution < -0.4 is 5.32 Å². The van der Waals surface area contributed by atoms with E-state index in [0.29, 0.717) is 15.3 Å². The number of hydrogen-bond acceptors (Lipinski definition) is 7. The molecule has 8 nitrogen and oxygen atoms in total. The third-order valence-electron chi connectivity index (χ3n) is 6.15. The molecule has 0 aromatic carbocycles. The largest absolute Gasteiger partial charge is 0.346 e. The Hall–Kier alpha value is -2.88. The summed E-state index contributed by atoms with van der Waals surface area (Å²) in [4.78, 5) is 33.3. The monoisotopic (exact) mass is 509 g/mol. The second-order valence-electron chi connectivity index (χ2n) is 9.52. The van der Waals surface area contributed by atoms with E-state index in [-0.39, 0.29) is 18.0 Å². The number of likely N-dealkylation sites (tertiary alicyclic amines) is 1. The number of likely N-dealkylation sites (N-methyl/N-ethyl adjacent to an activating group) is 1. The highest BCUT2D eigenvalue weighted by Crippen LogP contribution is 2.31. The van der Waals surface area contributed by atoms with Crippen molar-refractivity contribution in [2.45, 2.75) is 38.8 Å². The molecule has 1 aliphatic heterocycles. The van der Waals surface area contributed by atoms with Gasteiger partial charge in [0.2, 0.25) is 0 Å². The SMILES string of the molecule is CC(C)Cc1nc2cnc(-c3ccccn3)cc2n1[C@@H]1CC(NC(=O)c2ncc(Cl)s2)CN(C)C1. The molecule has 1 unspecified atom stereocenters. The highest BCUT2D eigenvalue weighted by Gasteiger charge is 2.31. The standard InChI is InChI=1S/C25H28ClN7OS/c1-15(2)8-23-31-20-11-28-19(18-6-4-5-7-27-18)10-21(20)33(23)17-9-16(13-32(3)14-17)30-24(34)25-29-12-22(26)35-25/h4-7,10-12,15-17H,8-9,13-14H2,1-3H3,(H,30,34)/t16?,17-/m1/s1. The molecule has 35 heavy (non-hydrogen) atoms. The number of nitrogens with one attached hydrogen (secondary N) is 1. The minimum Gasteiger partial charge on any atom is -0.346 e.